The maximum atomic E-state index is 5.96. The summed E-state index contributed by atoms with van der Waals surface area (Å²) in [7, 11) is 0. The van der Waals surface area contributed by atoms with Crippen molar-refractivity contribution in [2.75, 3.05) is 6.61 Å². The minimum absolute atomic E-state index is 0.481. The van der Waals surface area contributed by atoms with Crippen LogP contribution in [0.4, 0.5) is 0 Å². The Labute approximate surface area is 143 Å². The van der Waals surface area contributed by atoms with Crippen LogP contribution in [0.1, 0.15) is 25.0 Å². The monoisotopic (exact) mass is 318 g/mol. The van der Waals surface area contributed by atoms with E-state index in [0.717, 1.165) is 22.6 Å². The van der Waals surface area contributed by atoms with E-state index in [1.807, 2.05) is 36.5 Å². The van der Waals surface area contributed by atoms with E-state index in [0.29, 0.717) is 12.5 Å². The van der Waals surface area contributed by atoms with Crippen molar-refractivity contribution in [3.63, 3.8) is 0 Å². The van der Waals surface area contributed by atoms with Gasteiger partial charge in [0.1, 0.15) is 5.75 Å². The van der Waals surface area contributed by atoms with Gasteiger partial charge in [-0.3, -0.25) is 5.10 Å². The molecule has 3 rings (SSSR count). The molecule has 122 valence electrons. The van der Waals surface area contributed by atoms with Crippen LogP contribution in [-0.2, 0) is 0 Å². The standard InChI is InChI=1S/C21H22N2O/c1-16(2)15-24-21-11-10-18(9-8-17-6-4-3-5-7-17)14-19(21)20-12-13-22-23-20/h3-14,16H,15H2,1-2H3,(H,22,23)/b9-8+. The molecule has 1 heterocycles. The second-order valence-electron chi connectivity index (χ2n) is 6.16. The first-order chi connectivity index (χ1) is 11.7. The Morgan fingerprint density at radius 1 is 1.00 bits per heavy atom. The van der Waals surface area contributed by atoms with Crippen molar-refractivity contribution in [1.29, 1.82) is 0 Å². The first-order valence-electron chi connectivity index (χ1n) is 8.22. The van der Waals surface area contributed by atoms with E-state index in [9.17, 15) is 0 Å². The van der Waals surface area contributed by atoms with Gasteiger partial charge in [-0.1, -0.05) is 62.4 Å². The van der Waals surface area contributed by atoms with Gasteiger partial charge in [0.25, 0.3) is 0 Å². The highest BCUT2D eigenvalue weighted by molar-refractivity contribution is 5.75. The molecule has 0 aliphatic carbocycles. The van der Waals surface area contributed by atoms with Crippen LogP contribution in [0.5, 0.6) is 5.75 Å². The lowest BCUT2D eigenvalue weighted by molar-refractivity contribution is 0.272. The topological polar surface area (TPSA) is 37.9 Å². The first-order valence-corrected chi connectivity index (χ1v) is 8.22. The van der Waals surface area contributed by atoms with Crippen LogP contribution in [0.15, 0.2) is 60.8 Å². The summed E-state index contributed by atoms with van der Waals surface area (Å²) in [6, 6.07) is 18.5. The smallest absolute Gasteiger partial charge is 0.128 e. The van der Waals surface area contributed by atoms with Crippen LogP contribution < -0.4 is 4.74 Å². The van der Waals surface area contributed by atoms with Gasteiger partial charge in [-0.25, -0.2) is 0 Å². The lowest BCUT2D eigenvalue weighted by Gasteiger charge is -2.13. The van der Waals surface area contributed by atoms with Gasteiger partial charge >= 0.3 is 0 Å². The molecule has 0 saturated carbocycles. The fourth-order valence-corrected chi connectivity index (χ4v) is 2.40. The summed E-state index contributed by atoms with van der Waals surface area (Å²) >= 11 is 0. The predicted octanol–water partition coefficient (Wildman–Crippen LogP) is 5.28. The molecule has 1 N–H and O–H groups in total. The normalized spacial score (nSPS) is 11.3. The van der Waals surface area contributed by atoms with Crippen molar-refractivity contribution in [2.24, 2.45) is 5.92 Å². The van der Waals surface area contributed by atoms with Crippen molar-refractivity contribution < 1.29 is 4.74 Å². The van der Waals surface area contributed by atoms with E-state index in [4.69, 9.17) is 4.74 Å². The fourth-order valence-electron chi connectivity index (χ4n) is 2.40. The number of aromatic nitrogens is 2. The molecule has 3 nitrogen and oxygen atoms in total. The molecule has 3 heteroatoms. The van der Waals surface area contributed by atoms with Crippen molar-refractivity contribution >= 4 is 12.2 Å². The van der Waals surface area contributed by atoms with Crippen LogP contribution >= 0.6 is 0 Å². The maximum Gasteiger partial charge on any atom is 0.128 e. The van der Waals surface area contributed by atoms with Gasteiger partial charge in [0, 0.05) is 11.8 Å². The molecule has 24 heavy (non-hydrogen) atoms. The van der Waals surface area contributed by atoms with Crippen molar-refractivity contribution in [3.05, 3.63) is 71.9 Å². The second-order valence-corrected chi connectivity index (χ2v) is 6.16. The molecule has 0 aliphatic rings. The van der Waals surface area contributed by atoms with Gasteiger partial charge in [0.2, 0.25) is 0 Å². The Balaban J connectivity index is 1.89. The largest absolute Gasteiger partial charge is 0.493 e. The van der Waals surface area contributed by atoms with E-state index < -0.39 is 0 Å². The number of benzene rings is 2. The minimum Gasteiger partial charge on any atom is -0.493 e. The molecule has 0 unspecified atom stereocenters. The third-order valence-corrected chi connectivity index (χ3v) is 3.62. The lowest BCUT2D eigenvalue weighted by atomic mass is 10.1. The van der Waals surface area contributed by atoms with Crippen LogP contribution in [0.3, 0.4) is 0 Å². The molecule has 0 radical (unpaired) electrons. The summed E-state index contributed by atoms with van der Waals surface area (Å²) in [5.41, 5.74) is 4.20. The zero-order valence-electron chi connectivity index (χ0n) is 14.1. The zero-order valence-corrected chi connectivity index (χ0v) is 14.1. The number of rotatable bonds is 6. The van der Waals surface area contributed by atoms with E-state index in [-0.39, 0.29) is 0 Å². The van der Waals surface area contributed by atoms with Gasteiger partial charge in [-0.2, -0.15) is 5.10 Å². The number of nitrogens with zero attached hydrogens (tertiary/aromatic N) is 1. The average molecular weight is 318 g/mol. The molecule has 2 aromatic carbocycles. The Morgan fingerprint density at radius 3 is 2.50 bits per heavy atom. The fraction of sp³-hybridized carbons (Fsp3) is 0.190. The van der Waals surface area contributed by atoms with Gasteiger partial charge in [-0.15, -0.1) is 0 Å². The Kier molecular flexibility index (Phi) is 5.12. The maximum absolute atomic E-state index is 5.96. The molecular formula is C21H22N2O. The number of ether oxygens (including phenoxy) is 1. The highest BCUT2D eigenvalue weighted by Gasteiger charge is 2.10. The molecule has 0 atom stereocenters. The molecule has 0 saturated heterocycles. The van der Waals surface area contributed by atoms with E-state index in [1.54, 1.807) is 0 Å². The summed E-state index contributed by atoms with van der Waals surface area (Å²) in [4.78, 5) is 0. The molecule has 0 spiro atoms. The highest BCUT2D eigenvalue weighted by Crippen LogP contribution is 2.30. The molecule has 3 aromatic rings. The first kappa shape index (κ1) is 16.1. The van der Waals surface area contributed by atoms with Gasteiger partial charge in [-0.05, 0) is 35.2 Å². The molecule has 1 aromatic heterocycles. The summed E-state index contributed by atoms with van der Waals surface area (Å²) in [6.07, 6.45) is 6.05. The van der Waals surface area contributed by atoms with Crippen molar-refractivity contribution in [2.45, 2.75) is 13.8 Å². The second kappa shape index (κ2) is 7.64. The van der Waals surface area contributed by atoms with Gasteiger partial charge in [0.05, 0.1) is 12.3 Å². The molecule has 0 amide bonds. The predicted molar refractivity (Wildman–Crippen MR) is 99.7 cm³/mol. The number of nitrogens with one attached hydrogen (secondary N) is 1. The number of H-pyrrole nitrogens is 1. The SMILES string of the molecule is CC(C)COc1ccc(/C=C/c2ccccc2)cc1-c1cc[nH]n1. The van der Waals surface area contributed by atoms with Crippen LogP contribution in [0, 0.1) is 5.92 Å². The van der Waals surface area contributed by atoms with Gasteiger partial charge < -0.3 is 4.74 Å². The summed E-state index contributed by atoms with van der Waals surface area (Å²) in [6.45, 7) is 4.98. The Bertz CT molecular complexity index is 790. The van der Waals surface area contributed by atoms with Crippen molar-refractivity contribution in [1.82, 2.24) is 10.2 Å². The number of hydrogen-bond donors (Lipinski definition) is 1. The average Bonchev–Trinajstić information content (AvgIpc) is 3.14. The summed E-state index contributed by atoms with van der Waals surface area (Å²) < 4.78 is 5.96. The Hall–Kier alpha value is -2.81. The Morgan fingerprint density at radius 2 is 1.79 bits per heavy atom. The van der Waals surface area contributed by atoms with Crippen molar-refractivity contribution in [3.8, 4) is 17.0 Å². The molecule has 0 fully saturated rings. The quantitative estimate of drug-likeness (QED) is 0.628. The van der Waals surface area contributed by atoms with Crippen LogP contribution in [0.25, 0.3) is 23.4 Å². The van der Waals surface area contributed by atoms with Crippen LogP contribution in [-0.4, -0.2) is 16.8 Å². The zero-order chi connectivity index (χ0) is 16.8. The number of aromatic amines is 1. The molecule has 0 bridgehead atoms. The third kappa shape index (κ3) is 4.13. The van der Waals surface area contributed by atoms with E-state index >= 15 is 0 Å². The third-order valence-electron chi connectivity index (χ3n) is 3.62. The summed E-state index contributed by atoms with van der Waals surface area (Å²) in [5.74, 6) is 1.35. The summed E-state index contributed by atoms with van der Waals surface area (Å²) in [5, 5.41) is 7.18. The lowest BCUT2D eigenvalue weighted by Crippen LogP contribution is -2.05. The number of hydrogen-bond acceptors (Lipinski definition) is 2. The molecule has 0 aliphatic heterocycles. The van der Waals surface area contributed by atoms with E-state index in [2.05, 4.69) is 60.5 Å². The van der Waals surface area contributed by atoms with Crippen LogP contribution in [0.2, 0.25) is 0 Å². The minimum atomic E-state index is 0.481. The molecular weight excluding hydrogens is 296 g/mol. The van der Waals surface area contributed by atoms with E-state index in [1.165, 1.54) is 5.56 Å². The van der Waals surface area contributed by atoms with Gasteiger partial charge in [0.15, 0.2) is 0 Å². The highest BCUT2D eigenvalue weighted by atomic mass is 16.5.